The van der Waals surface area contributed by atoms with Crippen LogP contribution in [0.1, 0.15) is 19.7 Å². The maximum absolute atomic E-state index is 11.8. The van der Waals surface area contributed by atoms with Gasteiger partial charge in [-0.1, -0.05) is 6.92 Å². The number of likely N-dealkylation sites (N-methyl/N-ethyl adjacent to an activating group) is 1. The van der Waals surface area contributed by atoms with Gasteiger partial charge in [-0.15, -0.1) is 10.2 Å². The number of hydrogen-bond donors (Lipinski definition) is 1. The molecule has 2 atom stereocenters. The number of carbonyl (C=O) groups is 1. The molecule has 14 heavy (non-hydrogen) atoms. The number of amides is 1. The standard InChI is InChI=1S/C9H14N4O/c1-6-4-13-5-11-12-7(13)9(6,2)8(14)10-3/h5-6H,4H2,1-3H3,(H,10,14). The van der Waals surface area contributed by atoms with Gasteiger partial charge in [0.1, 0.15) is 17.6 Å². The molecule has 0 radical (unpaired) electrons. The number of nitrogens with zero attached hydrogens (tertiary/aromatic N) is 3. The SMILES string of the molecule is CNC(=O)C1(C)c2nncn2CC1C. The molecular weight excluding hydrogens is 180 g/mol. The monoisotopic (exact) mass is 194 g/mol. The summed E-state index contributed by atoms with van der Waals surface area (Å²) < 4.78 is 1.94. The Morgan fingerprint density at radius 1 is 1.79 bits per heavy atom. The predicted molar refractivity (Wildman–Crippen MR) is 50.6 cm³/mol. The van der Waals surface area contributed by atoms with E-state index in [9.17, 15) is 4.79 Å². The average molecular weight is 194 g/mol. The van der Waals surface area contributed by atoms with E-state index >= 15 is 0 Å². The van der Waals surface area contributed by atoms with Crippen molar-refractivity contribution in [3.05, 3.63) is 12.2 Å². The molecule has 0 aliphatic carbocycles. The van der Waals surface area contributed by atoms with Crippen molar-refractivity contribution in [2.45, 2.75) is 25.8 Å². The summed E-state index contributed by atoms with van der Waals surface area (Å²) >= 11 is 0. The van der Waals surface area contributed by atoms with Gasteiger partial charge >= 0.3 is 0 Å². The fourth-order valence-corrected chi connectivity index (χ4v) is 2.07. The summed E-state index contributed by atoms with van der Waals surface area (Å²) in [6, 6.07) is 0. The summed E-state index contributed by atoms with van der Waals surface area (Å²) in [6.07, 6.45) is 1.68. The first-order valence-electron chi connectivity index (χ1n) is 4.71. The average Bonchev–Trinajstić information content (AvgIpc) is 2.70. The van der Waals surface area contributed by atoms with Crippen LogP contribution < -0.4 is 5.32 Å². The highest BCUT2D eigenvalue weighted by molar-refractivity contribution is 5.87. The van der Waals surface area contributed by atoms with E-state index < -0.39 is 5.41 Å². The van der Waals surface area contributed by atoms with E-state index in [1.807, 2.05) is 11.5 Å². The van der Waals surface area contributed by atoms with Crippen LogP contribution in [0.5, 0.6) is 0 Å². The maximum atomic E-state index is 11.8. The maximum Gasteiger partial charge on any atom is 0.233 e. The Labute approximate surface area is 82.5 Å². The van der Waals surface area contributed by atoms with Crippen LogP contribution in [0.25, 0.3) is 0 Å². The van der Waals surface area contributed by atoms with E-state index in [1.54, 1.807) is 13.4 Å². The van der Waals surface area contributed by atoms with Gasteiger partial charge in [0.15, 0.2) is 0 Å². The molecule has 1 aromatic heterocycles. The number of aromatic nitrogens is 3. The van der Waals surface area contributed by atoms with E-state index in [4.69, 9.17) is 0 Å². The van der Waals surface area contributed by atoms with Gasteiger partial charge in [-0.05, 0) is 12.8 Å². The van der Waals surface area contributed by atoms with Crippen molar-refractivity contribution in [3.63, 3.8) is 0 Å². The summed E-state index contributed by atoms with van der Waals surface area (Å²) in [5, 5.41) is 10.5. The third kappa shape index (κ3) is 0.921. The normalized spacial score (nSPS) is 30.1. The smallest absolute Gasteiger partial charge is 0.233 e. The molecule has 1 aliphatic heterocycles. The van der Waals surface area contributed by atoms with Gasteiger partial charge in [0, 0.05) is 13.6 Å². The lowest BCUT2D eigenvalue weighted by Gasteiger charge is -2.24. The lowest BCUT2D eigenvalue weighted by atomic mass is 9.79. The minimum absolute atomic E-state index is 0.0109. The highest BCUT2D eigenvalue weighted by atomic mass is 16.2. The summed E-state index contributed by atoms with van der Waals surface area (Å²) in [6.45, 7) is 4.79. The van der Waals surface area contributed by atoms with Crippen LogP contribution >= 0.6 is 0 Å². The first-order chi connectivity index (χ1) is 6.60. The zero-order valence-corrected chi connectivity index (χ0v) is 8.61. The molecule has 2 unspecified atom stereocenters. The van der Waals surface area contributed by atoms with Crippen LogP contribution in [0.2, 0.25) is 0 Å². The molecule has 0 spiro atoms. The Morgan fingerprint density at radius 3 is 3.14 bits per heavy atom. The number of fused-ring (bicyclic) bond motifs is 1. The third-order valence-corrected chi connectivity index (χ3v) is 3.23. The van der Waals surface area contributed by atoms with Crippen LogP contribution in [-0.2, 0) is 16.8 Å². The minimum atomic E-state index is -0.536. The van der Waals surface area contributed by atoms with Gasteiger partial charge in [0.2, 0.25) is 5.91 Å². The predicted octanol–water partition coefficient (Wildman–Crippen LogP) is -0.0685. The van der Waals surface area contributed by atoms with Gasteiger partial charge in [-0.2, -0.15) is 0 Å². The van der Waals surface area contributed by atoms with E-state index in [-0.39, 0.29) is 11.8 Å². The van der Waals surface area contributed by atoms with E-state index in [2.05, 4.69) is 22.4 Å². The number of rotatable bonds is 1. The van der Waals surface area contributed by atoms with Crippen LogP contribution in [0, 0.1) is 5.92 Å². The first kappa shape index (κ1) is 9.18. The van der Waals surface area contributed by atoms with E-state index in [0.717, 1.165) is 12.4 Å². The minimum Gasteiger partial charge on any atom is -0.358 e. The molecule has 1 N–H and O–H groups in total. The van der Waals surface area contributed by atoms with Crippen molar-refractivity contribution >= 4 is 5.91 Å². The summed E-state index contributed by atoms with van der Waals surface area (Å²) in [5.74, 6) is 1.04. The molecule has 5 heteroatoms. The second-order valence-corrected chi connectivity index (χ2v) is 3.99. The molecular formula is C9H14N4O. The molecule has 0 saturated carbocycles. The zero-order chi connectivity index (χ0) is 10.3. The quantitative estimate of drug-likeness (QED) is 0.681. The summed E-state index contributed by atoms with van der Waals surface area (Å²) in [4.78, 5) is 11.8. The van der Waals surface area contributed by atoms with Crippen molar-refractivity contribution in [3.8, 4) is 0 Å². The number of nitrogens with one attached hydrogen (secondary N) is 1. The van der Waals surface area contributed by atoms with Gasteiger partial charge < -0.3 is 9.88 Å². The first-order valence-corrected chi connectivity index (χ1v) is 4.71. The molecule has 76 valence electrons. The van der Waals surface area contributed by atoms with Crippen molar-refractivity contribution in [2.24, 2.45) is 5.92 Å². The molecule has 0 saturated heterocycles. The van der Waals surface area contributed by atoms with Gasteiger partial charge in [-0.3, -0.25) is 4.79 Å². The Balaban J connectivity index is 2.49. The Hall–Kier alpha value is -1.39. The topological polar surface area (TPSA) is 59.8 Å². The molecule has 2 heterocycles. The highest BCUT2D eigenvalue weighted by Crippen LogP contribution is 2.37. The molecule has 0 fully saturated rings. The lowest BCUT2D eigenvalue weighted by Crippen LogP contribution is -2.43. The van der Waals surface area contributed by atoms with Crippen LogP contribution in [0.3, 0.4) is 0 Å². The summed E-state index contributed by atoms with van der Waals surface area (Å²) in [7, 11) is 1.65. The van der Waals surface area contributed by atoms with Crippen LogP contribution in [0.4, 0.5) is 0 Å². The third-order valence-electron chi connectivity index (χ3n) is 3.23. The number of carbonyl (C=O) groups excluding carboxylic acids is 1. The molecule has 0 aromatic carbocycles. The fourth-order valence-electron chi connectivity index (χ4n) is 2.07. The van der Waals surface area contributed by atoms with E-state index in [1.165, 1.54) is 0 Å². The van der Waals surface area contributed by atoms with Crippen molar-refractivity contribution in [1.82, 2.24) is 20.1 Å². The Morgan fingerprint density at radius 2 is 2.50 bits per heavy atom. The molecule has 5 nitrogen and oxygen atoms in total. The van der Waals surface area contributed by atoms with Gasteiger partial charge in [0.25, 0.3) is 0 Å². The molecule has 1 aliphatic rings. The Bertz CT molecular complexity index is 373. The molecule has 1 amide bonds. The molecule has 2 rings (SSSR count). The zero-order valence-electron chi connectivity index (χ0n) is 8.61. The van der Waals surface area contributed by atoms with Gasteiger partial charge in [0.05, 0.1) is 0 Å². The van der Waals surface area contributed by atoms with Gasteiger partial charge in [-0.25, -0.2) is 0 Å². The fraction of sp³-hybridized carbons (Fsp3) is 0.667. The largest absolute Gasteiger partial charge is 0.358 e. The molecule has 0 bridgehead atoms. The van der Waals surface area contributed by atoms with Crippen LogP contribution in [-0.4, -0.2) is 27.7 Å². The highest BCUT2D eigenvalue weighted by Gasteiger charge is 2.48. The number of hydrogen-bond acceptors (Lipinski definition) is 3. The lowest BCUT2D eigenvalue weighted by molar-refractivity contribution is -0.127. The van der Waals surface area contributed by atoms with Crippen molar-refractivity contribution < 1.29 is 4.79 Å². The Kier molecular flexibility index (Phi) is 1.83. The van der Waals surface area contributed by atoms with Crippen LogP contribution in [0.15, 0.2) is 6.33 Å². The second kappa shape index (κ2) is 2.80. The van der Waals surface area contributed by atoms with E-state index in [0.29, 0.717) is 0 Å². The second-order valence-electron chi connectivity index (χ2n) is 3.99. The molecule has 1 aromatic rings. The van der Waals surface area contributed by atoms with Crippen molar-refractivity contribution in [1.29, 1.82) is 0 Å². The summed E-state index contributed by atoms with van der Waals surface area (Å²) in [5.41, 5.74) is -0.536. The van der Waals surface area contributed by atoms with Crippen molar-refractivity contribution in [2.75, 3.05) is 7.05 Å².